The first-order valence-corrected chi connectivity index (χ1v) is 10.3. The molecule has 0 bridgehead atoms. The highest BCUT2D eigenvalue weighted by Crippen LogP contribution is 2.40. The predicted octanol–water partition coefficient (Wildman–Crippen LogP) is 3.87. The first-order valence-electron chi connectivity index (χ1n) is 10.3. The molecule has 0 aromatic heterocycles. The summed E-state index contributed by atoms with van der Waals surface area (Å²) >= 11 is 0. The predicted molar refractivity (Wildman–Crippen MR) is 105 cm³/mol. The summed E-state index contributed by atoms with van der Waals surface area (Å²) in [5.41, 5.74) is -0.860. The maximum Gasteiger partial charge on any atom is 0.343 e. The van der Waals surface area contributed by atoms with Gasteiger partial charge < -0.3 is 14.3 Å². The van der Waals surface area contributed by atoms with Crippen molar-refractivity contribution in [3.05, 3.63) is 35.9 Å². The second kappa shape index (κ2) is 9.52. The van der Waals surface area contributed by atoms with Crippen molar-refractivity contribution >= 4 is 5.97 Å². The fourth-order valence-electron chi connectivity index (χ4n) is 4.32. The Hall–Kier alpha value is -1.39. The molecule has 0 spiro atoms. The van der Waals surface area contributed by atoms with Gasteiger partial charge in [-0.1, -0.05) is 49.6 Å². The lowest BCUT2D eigenvalue weighted by atomic mass is 9.73. The molecule has 0 saturated heterocycles. The highest BCUT2D eigenvalue weighted by atomic mass is 16.5. The summed E-state index contributed by atoms with van der Waals surface area (Å²) in [5.74, 6) is -0.536. The summed E-state index contributed by atoms with van der Waals surface area (Å²) in [4.78, 5) is 13.0. The van der Waals surface area contributed by atoms with Gasteiger partial charge >= 0.3 is 5.97 Å². The number of ether oxygens (including phenoxy) is 1. The number of carbonyl (C=O) groups is 1. The molecule has 1 N–H and O–H groups in total. The molecule has 1 fully saturated rings. The molecule has 26 heavy (non-hydrogen) atoms. The van der Waals surface area contributed by atoms with Gasteiger partial charge in [-0.05, 0) is 39.2 Å². The fourth-order valence-corrected chi connectivity index (χ4v) is 4.32. The van der Waals surface area contributed by atoms with Crippen LogP contribution in [-0.4, -0.2) is 48.3 Å². The van der Waals surface area contributed by atoms with Gasteiger partial charge in [0, 0.05) is 5.92 Å². The normalized spacial score (nSPS) is 18.3. The molecule has 1 aliphatic rings. The van der Waals surface area contributed by atoms with Crippen LogP contribution in [-0.2, 0) is 15.1 Å². The average Bonchev–Trinajstić information content (AvgIpc) is 2.72. The van der Waals surface area contributed by atoms with Crippen LogP contribution in [0.2, 0.25) is 0 Å². The summed E-state index contributed by atoms with van der Waals surface area (Å²) < 4.78 is 6.60. The molecular formula is C22H36NO3+. The first-order chi connectivity index (χ1) is 12.5. The zero-order valence-corrected chi connectivity index (χ0v) is 16.7. The third-order valence-corrected chi connectivity index (χ3v) is 6.53. The van der Waals surface area contributed by atoms with Crippen molar-refractivity contribution in [2.75, 3.05) is 32.8 Å². The topological polar surface area (TPSA) is 46.5 Å². The maximum absolute atomic E-state index is 13.0. The van der Waals surface area contributed by atoms with Crippen molar-refractivity contribution in [1.29, 1.82) is 0 Å². The lowest BCUT2D eigenvalue weighted by Crippen LogP contribution is -2.51. The second-order valence-electron chi connectivity index (χ2n) is 7.62. The molecule has 1 aromatic rings. The van der Waals surface area contributed by atoms with E-state index in [4.69, 9.17) is 4.74 Å². The van der Waals surface area contributed by atoms with Gasteiger partial charge in [-0.15, -0.1) is 0 Å². The van der Waals surface area contributed by atoms with Crippen LogP contribution in [0.5, 0.6) is 0 Å². The van der Waals surface area contributed by atoms with E-state index in [1.165, 1.54) is 6.42 Å². The minimum atomic E-state index is -1.53. The zero-order valence-electron chi connectivity index (χ0n) is 16.7. The Balaban J connectivity index is 2.13. The van der Waals surface area contributed by atoms with Gasteiger partial charge in [0.05, 0.1) is 19.6 Å². The molecule has 0 aliphatic heterocycles. The third kappa shape index (κ3) is 4.47. The molecule has 1 atom stereocenters. The summed E-state index contributed by atoms with van der Waals surface area (Å²) in [6.07, 6.45) is 5.06. The summed E-state index contributed by atoms with van der Waals surface area (Å²) in [7, 11) is 0. The van der Waals surface area contributed by atoms with E-state index in [9.17, 15) is 9.90 Å². The Morgan fingerprint density at radius 2 is 1.65 bits per heavy atom. The Morgan fingerprint density at radius 1 is 1.08 bits per heavy atom. The van der Waals surface area contributed by atoms with E-state index >= 15 is 0 Å². The van der Waals surface area contributed by atoms with Crippen LogP contribution in [0.3, 0.4) is 0 Å². The highest BCUT2D eigenvalue weighted by Gasteiger charge is 2.47. The molecule has 1 unspecified atom stereocenters. The van der Waals surface area contributed by atoms with Gasteiger partial charge in [0.25, 0.3) is 0 Å². The van der Waals surface area contributed by atoms with Crippen molar-refractivity contribution in [2.45, 2.75) is 58.5 Å². The second-order valence-corrected chi connectivity index (χ2v) is 7.62. The van der Waals surface area contributed by atoms with Crippen molar-refractivity contribution in [1.82, 2.24) is 0 Å². The molecule has 4 heteroatoms. The standard InChI is InChI=1S/C22H36NO3/c1-4-23(5-2,6-3)17-18-26-21(24)22(25,19-13-9-7-10-14-19)20-15-11-8-12-16-20/h7,9-10,13-14,20,25H,4-6,8,11-12,15-18H2,1-3H3/q+1. The van der Waals surface area contributed by atoms with Crippen LogP contribution < -0.4 is 0 Å². The quantitative estimate of drug-likeness (QED) is 0.536. The van der Waals surface area contributed by atoms with Crippen molar-refractivity contribution in [3.8, 4) is 0 Å². The van der Waals surface area contributed by atoms with Crippen LogP contribution in [0.4, 0.5) is 0 Å². The molecule has 2 rings (SSSR count). The molecule has 1 aromatic carbocycles. The molecule has 4 nitrogen and oxygen atoms in total. The number of hydrogen-bond acceptors (Lipinski definition) is 3. The molecule has 1 saturated carbocycles. The van der Waals surface area contributed by atoms with E-state index < -0.39 is 11.6 Å². The lowest BCUT2D eigenvalue weighted by molar-refractivity contribution is -0.923. The van der Waals surface area contributed by atoms with Crippen LogP contribution in [0.1, 0.15) is 58.4 Å². The fraction of sp³-hybridized carbons (Fsp3) is 0.682. The lowest BCUT2D eigenvalue weighted by Gasteiger charge is -2.38. The number of aliphatic hydroxyl groups is 1. The van der Waals surface area contributed by atoms with E-state index in [-0.39, 0.29) is 5.92 Å². The van der Waals surface area contributed by atoms with Gasteiger partial charge in [-0.3, -0.25) is 0 Å². The monoisotopic (exact) mass is 362 g/mol. The summed E-state index contributed by atoms with van der Waals surface area (Å²) in [5, 5.41) is 11.5. The number of likely N-dealkylation sites (N-methyl/N-ethyl adjacent to an activating group) is 1. The number of carbonyl (C=O) groups excluding carboxylic acids is 1. The number of benzene rings is 1. The molecular weight excluding hydrogens is 326 g/mol. The van der Waals surface area contributed by atoms with Crippen molar-refractivity contribution in [3.63, 3.8) is 0 Å². The van der Waals surface area contributed by atoms with Gasteiger partial charge in [-0.2, -0.15) is 0 Å². The van der Waals surface area contributed by atoms with Gasteiger partial charge in [0.15, 0.2) is 5.60 Å². The van der Waals surface area contributed by atoms with Crippen LogP contribution in [0, 0.1) is 5.92 Å². The number of rotatable bonds is 9. The van der Waals surface area contributed by atoms with Crippen LogP contribution in [0.25, 0.3) is 0 Å². The number of esters is 1. The summed E-state index contributed by atoms with van der Waals surface area (Å²) in [6, 6.07) is 9.36. The van der Waals surface area contributed by atoms with Crippen LogP contribution >= 0.6 is 0 Å². The van der Waals surface area contributed by atoms with Crippen molar-refractivity contribution in [2.24, 2.45) is 5.92 Å². The Morgan fingerprint density at radius 3 is 2.19 bits per heavy atom. The molecule has 0 radical (unpaired) electrons. The molecule has 1 aliphatic carbocycles. The third-order valence-electron chi connectivity index (χ3n) is 6.53. The van der Waals surface area contributed by atoms with Crippen LogP contribution in [0.15, 0.2) is 30.3 Å². The zero-order chi connectivity index (χ0) is 19.0. The minimum absolute atomic E-state index is 0.0612. The van der Waals surface area contributed by atoms with E-state index in [2.05, 4.69) is 20.8 Å². The Bertz CT molecular complexity index is 542. The maximum atomic E-state index is 13.0. The van der Waals surface area contributed by atoms with E-state index in [0.29, 0.717) is 12.2 Å². The number of nitrogens with zero attached hydrogens (tertiary/aromatic N) is 1. The summed E-state index contributed by atoms with van der Waals surface area (Å²) in [6.45, 7) is 10.8. The van der Waals surface area contributed by atoms with E-state index in [1.54, 1.807) is 0 Å². The smallest absolute Gasteiger partial charge is 0.343 e. The largest absolute Gasteiger partial charge is 0.457 e. The van der Waals surface area contributed by atoms with E-state index in [0.717, 1.165) is 56.3 Å². The Labute approximate surface area is 158 Å². The van der Waals surface area contributed by atoms with Gasteiger partial charge in [-0.25, -0.2) is 4.79 Å². The van der Waals surface area contributed by atoms with E-state index in [1.807, 2.05) is 30.3 Å². The molecule has 146 valence electrons. The number of quaternary nitrogens is 1. The minimum Gasteiger partial charge on any atom is -0.457 e. The average molecular weight is 363 g/mol. The van der Waals surface area contributed by atoms with Gasteiger partial charge in [0.2, 0.25) is 0 Å². The molecule has 0 amide bonds. The highest BCUT2D eigenvalue weighted by molar-refractivity contribution is 5.81. The first kappa shape index (κ1) is 20.9. The SMILES string of the molecule is CC[N+](CC)(CC)CCOC(=O)C(O)(c1ccccc1)C1CCCCC1. The molecule has 0 heterocycles. The number of hydrogen-bond donors (Lipinski definition) is 1. The van der Waals surface area contributed by atoms with Crippen molar-refractivity contribution < 1.29 is 19.1 Å². The Kier molecular flexibility index (Phi) is 7.66. The van der Waals surface area contributed by atoms with Gasteiger partial charge in [0.1, 0.15) is 13.2 Å².